The molecule has 0 unspecified atom stereocenters. The number of aliphatic hydroxyl groups excluding tert-OH is 1. The second kappa shape index (κ2) is 6.47. The van der Waals surface area contributed by atoms with Crippen molar-refractivity contribution in [1.29, 1.82) is 0 Å². The zero-order valence-corrected chi connectivity index (χ0v) is 11.5. The van der Waals surface area contributed by atoms with E-state index in [0.29, 0.717) is 31.2 Å². The molecule has 3 nitrogen and oxygen atoms in total. The Bertz CT molecular complexity index is 468. The molecule has 1 fully saturated rings. The Morgan fingerprint density at radius 1 is 1.14 bits per heavy atom. The van der Waals surface area contributed by atoms with Crippen LogP contribution in [0, 0.1) is 0 Å². The molecule has 116 valence electrons. The number of halogens is 3. The first kappa shape index (κ1) is 15.8. The summed E-state index contributed by atoms with van der Waals surface area (Å²) in [6.45, 7) is -0.0556. The number of carbonyl (C=O) groups excluding carboxylic acids is 1. The lowest BCUT2D eigenvalue weighted by Crippen LogP contribution is -2.48. The highest BCUT2D eigenvalue weighted by atomic mass is 19.4. The van der Waals surface area contributed by atoms with Gasteiger partial charge in [0.25, 0.3) is 0 Å². The lowest BCUT2D eigenvalue weighted by Gasteiger charge is -2.36. The van der Waals surface area contributed by atoms with E-state index in [0.717, 1.165) is 4.90 Å². The Morgan fingerprint density at radius 3 is 2.24 bits per heavy atom. The molecule has 0 bridgehead atoms. The first-order valence-corrected chi connectivity index (χ1v) is 6.97. The van der Waals surface area contributed by atoms with Crippen LogP contribution in [0.3, 0.4) is 0 Å². The molecule has 1 aliphatic carbocycles. The fourth-order valence-electron chi connectivity index (χ4n) is 2.68. The van der Waals surface area contributed by atoms with Crippen molar-refractivity contribution in [2.75, 3.05) is 0 Å². The number of amides is 1. The number of alkyl halides is 3. The maximum absolute atomic E-state index is 12.8. The van der Waals surface area contributed by atoms with Crippen LogP contribution in [-0.4, -0.2) is 34.2 Å². The first-order chi connectivity index (χ1) is 9.88. The van der Waals surface area contributed by atoms with Crippen molar-refractivity contribution in [3.8, 4) is 0 Å². The molecule has 1 saturated carbocycles. The zero-order valence-electron chi connectivity index (χ0n) is 11.5. The molecular formula is C15H18F3NO2. The number of aliphatic hydroxyl groups is 1. The van der Waals surface area contributed by atoms with Gasteiger partial charge in [0.2, 0.25) is 0 Å². The van der Waals surface area contributed by atoms with Crippen LogP contribution >= 0.6 is 0 Å². The van der Waals surface area contributed by atoms with Gasteiger partial charge in [-0.05, 0) is 31.2 Å². The van der Waals surface area contributed by atoms with Gasteiger partial charge in [0.05, 0.1) is 6.10 Å². The molecule has 0 aromatic heterocycles. The van der Waals surface area contributed by atoms with Gasteiger partial charge in [-0.2, -0.15) is 13.2 Å². The minimum Gasteiger partial charge on any atom is -0.393 e. The minimum atomic E-state index is -4.87. The SMILES string of the molecule is O=C(N(Cc1ccccc1)C1CCC(O)CC1)C(F)(F)F. The van der Waals surface area contributed by atoms with Gasteiger partial charge in [-0.25, -0.2) is 0 Å². The number of hydrogen-bond donors (Lipinski definition) is 1. The van der Waals surface area contributed by atoms with Gasteiger partial charge in [0.1, 0.15) is 0 Å². The minimum absolute atomic E-state index is 0.0556. The summed E-state index contributed by atoms with van der Waals surface area (Å²) in [7, 11) is 0. The van der Waals surface area contributed by atoms with Crippen molar-refractivity contribution in [2.24, 2.45) is 0 Å². The first-order valence-electron chi connectivity index (χ1n) is 6.97. The highest BCUT2D eigenvalue weighted by molar-refractivity contribution is 5.82. The van der Waals surface area contributed by atoms with Crippen LogP contribution in [0.4, 0.5) is 13.2 Å². The van der Waals surface area contributed by atoms with Gasteiger partial charge >= 0.3 is 12.1 Å². The summed E-state index contributed by atoms with van der Waals surface area (Å²) in [5.74, 6) is -1.80. The van der Waals surface area contributed by atoms with Crippen molar-refractivity contribution < 1.29 is 23.1 Å². The molecule has 2 rings (SSSR count). The predicted molar refractivity (Wildman–Crippen MR) is 71.3 cm³/mol. The molecule has 0 radical (unpaired) electrons. The smallest absolute Gasteiger partial charge is 0.393 e. The summed E-state index contributed by atoms with van der Waals surface area (Å²) in [6, 6.07) is 8.17. The summed E-state index contributed by atoms with van der Waals surface area (Å²) in [6.07, 6.45) is -3.68. The second-order valence-electron chi connectivity index (χ2n) is 5.38. The lowest BCUT2D eigenvalue weighted by molar-refractivity contribution is -0.189. The van der Waals surface area contributed by atoms with E-state index in [1.54, 1.807) is 30.3 Å². The molecule has 0 spiro atoms. The molecule has 1 aromatic rings. The van der Waals surface area contributed by atoms with E-state index in [2.05, 4.69) is 0 Å². The molecule has 1 aromatic carbocycles. The van der Waals surface area contributed by atoms with Gasteiger partial charge in [0.15, 0.2) is 0 Å². The van der Waals surface area contributed by atoms with Crippen LogP contribution in [0.15, 0.2) is 30.3 Å². The van der Waals surface area contributed by atoms with Crippen LogP contribution in [-0.2, 0) is 11.3 Å². The molecule has 1 aliphatic rings. The Morgan fingerprint density at radius 2 is 1.71 bits per heavy atom. The molecule has 21 heavy (non-hydrogen) atoms. The molecule has 0 saturated heterocycles. The fraction of sp³-hybridized carbons (Fsp3) is 0.533. The van der Waals surface area contributed by atoms with Gasteiger partial charge in [-0.1, -0.05) is 30.3 Å². The Balaban J connectivity index is 2.16. The van der Waals surface area contributed by atoms with Crippen LogP contribution in [0.1, 0.15) is 31.2 Å². The Labute approximate surface area is 121 Å². The van der Waals surface area contributed by atoms with Gasteiger partial charge in [0, 0.05) is 12.6 Å². The summed E-state index contributed by atoms with van der Waals surface area (Å²) in [4.78, 5) is 12.6. The van der Waals surface area contributed by atoms with Gasteiger partial charge in [-0.3, -0.25) is 4.79 Å². The van der Waals surface area contributed by atoms with E-state index < -0.39 is 24.2 Å². The zero-order chi connectivity index (χ0) is 15.5. The summed E-state index contributed by atoms with van der Waals surface area (Å²) in [5.41, 5.74) is 0.668. The standard InChI is InChI=1S/C15H18F3NO2/c16-15(17,18)14(21)19(10-11-4-2-1-3-5-11)12-6-8-13(20)9-7-12/h1-5,12-13,20H,6-10H2. The molecule has 1 amide bonds. The van der Waals surface area contributed by atoms with E-state index in [9.17, 15) is 23.1 Å². The van der Waals surface area contributed by atoms with Crippen LogP contribution in [0.25, 0.3) is 0 Å². The van der Waals surface area contributed by atoms with Crippen molar-refractivity contribution in [3.05, 3.63) is 35.9 Å². The van der Waals surface area contributed by atoms with Crippen molar-refractivity contribution >= 4 is 5.91 Å². The van der Waals surface area contributed by atoms with E-state index in [4.69, 9.17) is 0 Å². The average molecular weight is 301 g/mol. The van der Waals surface area contributed by atoms with Gasteiger partial charge in [-0.15, -0.1) is 0 Å². The normalized spacial score (nSPS) is 22.9. The number of carbonyl (C=O) groups is 1. The maximum atomic E-state index is 12.8. The summed E-state index contributed by atoms with van der Waals surface area (Å²) < 4.78 is 38.4. The molecule has 6 heteroatoms. The fourth-order valence-corrected chi connectivity index (χ4v) is 2.68. The molecule has 1 N–H and O–H groups in total. The van der Waals surface area contributed by atoms with E-state index in [1.807, 2.05) is 0 Å². The number of hydrogen-bond acceptors (Lipinski definition) is 2. The highest BCUT2D eigenvalue weighted by Crippen LogP contribution is 2.28. The van der Waals surface area contributed by atoms with Crippen molar-refractivity contribution in [3.63, 3.8) is 0 Å². The third-order valence-electron chi connectivity index (χ3n) is 3.81. The monoisotopic (exact) mass is 301 g/mol. The van der Waals surface area contributed by atoms with Crippen LogP contribution in [0.2, 0.25) is 0 Å². The van der Waals surface area contributed by atoms with E-state index in [1.165, 1.54) is 0 Å². The number of benzene rings is 1. The average Bonchev–Trinajstić information content (AvgIpc) is 2.45. The summed E-state index contributed by atoms with van der Waals surface area (Å²) in [5, 5.41) is 9.47. The van der Waals surface area contributed by atoms with E-state index >= 15 is 0 Å². The third-order valence-corrected chi connectivity index (χ3v) is 3.81. The van der Waals surface area contributed by atoms with Gasteiger partial charge < -0.3 is 10.0 Å². The second-order valence-corrected chi connectivity index (χ2v) is 5.38. The van der Waals surface area contributed by atoms with Crippen molar-refractivity contribution in [1.82, 2.24) is 4.90 Å². The van der Waals surface area contributed by atoms with Crippen molar-refractivity contribution in [2.45, 2.75) is 50.6 Å². The Hall–Kier alpha value is -1.56. The van der Waals surface area contributed by atoms with E-state index in [-0.39, 0.29) is 6.54 Å². The van der Waals surface area contributed by atoms with Crippen LogP contribution in [0.5, 0.6) is 0 Å². The predicted octanol–water partition coefficient (Wildman–Crippen LogP) is 2.88. The number of rotatable bonds is 3. The molecule has 0 heterocycles. The molecule has 0 aliphatic heterocycles. The van der Waals surface area contributed by atoms with Crippen LogP contribution < -0.4 is 0 Å². The Kier molecular flexibility index (Phi) is 4.88. The lowest BCUT2D eigenvalue weighted by atomic mass is 9.91. The third kappa shape index (κ3) is 4.20. The molecular weight excluding hydrogens is 283 g/mol. The highest BCUT2D eigenvalue weighted by Gasteiger charge is 2.45. The largest absolute Gasteiger partial charge is 0.471 e. The molecule has 0 atom stereocenters. The quantitative estimate of drug-likeness (QED) is 0.932. The maximum Gasteiger partial charge on any atom is 0.471 e. The summed E-state index contributed by atoms with van der Waals surface area (Å²) >= 11 is 0. The topological polar surface area (TPSA) is 40.5 Å². The number of nitrogens with zero attached hydrogens (tertiary/aromatic N) is 1.